The maximum atomic E-state index is 12.6. The first-order valence-electron chi connectivity index (χ1n) is 10.9. The Morgan fingerprint density at radius 2 is 1.90 bits per heavy atom. The van der Waals surface area contributed by atoms with Gasteiger partial charge in [0, 0.05) is 44.7 Å². The first kappa shape index (κ1) is 23.1. The first-order chi connectivity index (χ1) is 14.4. The number of anilines is 1. The van der Waals surface area contributed by atoms with Gasteiger partial charge in [0.1, 0.15) is 11.0 Å². The lowest BCUT2D eigenvalue weighted by Crippen LogP contribution is -2.50. The quantitative estimate of drug-likeness (QED) is 0.370. The van der Waals surface area contributed by atoms with Crippen LogP contribution in [-0.2, 0) is 9.59 Å². The number of carbonyl (C=O) groups excluding carboxylic acids is 2. The molecule has 0 aromatic carbocycles. The van der Waals surface area contributed by atoms with E-state index in [0.29, 0.717) is 41.8 Å². The molecule has 2 fully saturated rings. The molecule has 1 saturated heterocycles. The van der Waals surface area contributed by atoms with Crippen LogP contribution in [0.2, 0.25) is 5.15 Å². The monoisotopic (exact) mass is 453 g/mol. The van der Waals surface area contributed by atoms with Crippen LogP contribution in [0.25, 0.3) is 0 Å². The van der Waals surface area contributed by atoms with Crippen LogP contribution >= 0.6 is 23.4 Å². The van der Waals surface area contributed by atoms with E-state index in [-0.39, 0.29) is 17.6 Å². The molecular weight excluding hydrogens is 422 g/mol. The normalized spacial score (nSPS) is 17.6. The zero-order valence-electron chi connectivity index (χ0n) is 17.9. The summed E-state index contributed by atoms with van der Waals surface area (Å²) in [6.07, 6.45) is 5.37. The molecule has 2 heterocycles. The smallest absolute Gasteiger partial charge is 0.230 e. The molecule has 2 aliphatic rings. The average molecular weight is 454 g/mol. The van der Waals surface area contributed by atoms with Crippen molar-refractivity contribution in [2.75, 3.05) is 43.4 Å². The molecule has 2 amide bonds. The van der Waals surface area contributed by atoms with Crippen molar-refractivity contribution >= 4 is 41.0 Å². The Kier molecular flexibility index (Phi) is 8.62. The van der Waals surface area contributed by atoms with Crippen LogP contribution in [0.5, 0.6) is 0 Å². The van der Waals surface area contributed by atoms with Gasteiger partial charge < -0.3 is 15.1 Å². The number of carbonyl (C=O) groups is 2. The van der Waals surface area contributed by atoms with Crippen molar-refractivity contribution in [2.45, 2.75) is 51.1 Å². The molecule has 9 heteroatoms. The number of piperazine rings is 1. The van der Waals surface area contributed by atoms with E-state index in [1.165, 1.54) is 24.6 Å². The zero-order valence-corrected chi connectivity index (χ0v) is 19.5. The largest absolute Gasteiger partial charge is 0.355 e. The highest BCUT2D eigenvalue weighted by molar-refractivity contribution is 7.99. The number of halogens is 1. The number of hydrogen-bond donors (Lipinski definition) is 1. The molecule has 166 valence electrons. The SMILES string of the molecule is CC(C)CCNC(=O)CSc1nc(Cl)cc(N2CCN(C(=O)C3CCCC3)CC2)n1. The maximum absolute atomic E-state index is 12.6. The number of nitrogens with one attached hydrogen (secondary N) is 1. The molecule has 7 nitrogen and oxygen atoms in total. The van der Waals surface area contributed by atoms with Gasteiger partial charge >= 0.3 is 0 Å². The molecule has 1 aliphatic heterocycles. The van der Waals surface area contributed by atoms with Crippen LogP contribution in [0.15, 0.2) is 11.2 Å². The fourth-order valence-electron chi connectivity index (χ4n) is 3.88. The summed E-state index contributed by atoms with van der Waals surface area (Å²) in [5, 5.41) is 3.79. The summed E-state index contributed by atoms with van der Waals surface area (Å²) in [6.45, 7) is 7.81. The van der Waals surface area contributed by atoms with Crippen LogP contribution in [0.4, 0.5) is 5.82 Å². The summed E-state index contributed by atoms with van der Waals surface area (Å²) >= 11 is 7.50. The minimum Gasteiger partial charge on any atom is -0.355 e. The summed E-state index contributed by atoms with van der Waals surface area (Å²) in [7, 11) is 0. The van der Waals surface area contributed by atoms with E-state index in [4.69, 9.17) is 11.6 Å². The Labute approximate surface area is 188 Å². The lowest BCUT2D eigenvalue weighted by Gasteiger charge is -2.36. The van der Waals surface area contributed by atoms with E-state index in [9.17, 15) is 9.59 Å². The second kappa shape index (κ2) is 11.2. The Morgan fingerprint density at radius 3 is 2.57 bits per heavy atom. The Bertz CT molecular complexity index is 734. The standard InChI is InChI=1S/C21H32ClN5O2S/c1-15(2)7-8-23-19(28)14-30-21-24-17(22)13-18(25-21)26-9-11-27(12-10-26)20(29)16-5-3-4-6-16/h13,15-16H,3-12,14H2,1-2H3,(H,23,28). The van der Waals surface area contributed by atoms with Crippen LogP contribution in [0.1, 0.15) is 46.0 Å². The lowest BCUT2D eigenvalue weighted by molar-refractivity contribution is -0.135. The van der Waals surface area contributed by atoms with Gasteiger partial charge in [-0.05, 0) is 25.2 Å². The van der Waals surface area contributed by atoms with Crippen molar-refractivity contribution in [3.8, 4) is 0 Å². The Hall–Kier alpha value is -1.54. The number of thioether (sulfide) groups is 1. The van der Waals surface area contributed by atoms with Crippen molar-refractivity contribution in [1.29, 1.82) is 0 Å². The number of hydrogen-bond acceptors (Lipinski definition) is 6. The highest BCUT2D eigenvalue weighted by Crippen LogP contribution is 2.28. The number of amides is 2. The van der Waals surface area contributed by atoms with Gasteiger partial charge in [-0.1, -0.05) is 50.1 Å². The molecule has 30 heavy (non-hydrogen) atoms. The molecule has 1 N–H and O–H groups in total. The molecule has 1 aliphatic carbocycles. The highest BCUT2D eigenvalue weighted by Gasteiger charge is 2.29. The van der Waals surface area contributed by atoms with Crippen LogP contribution in [0, 0.1) is 11.8 Å². The Morgan fingerprint density at radius 1 is 1.20 bits per heavy atom. The fraction of sp³-hybridized carbons (Fsp3) is 0.714. The van der Waals surface area contributed by atoms with Gasteiger partial charge in [0.25, 0.3) is 0 Å². The second-order valence-electron chi connectivity index (χ2n) is 8.45. The highest BCUT2D eigenvalue weighted by atomic mass is 35.5. The van der Waals surface area contributed by atoms with Crippen molar-refractivity contribution in [1.82, 2.24) is 20.2 Å². The van der Waals surface area contributed by atoms with Gasteiger partial charge in [-0.25, -0.2) is 9.97 Å². The van der Waals surface area contributed by atoms with E-state index >= 15 is 0 Å². The first-order valence-corrected chi connectivity index (χ1v) is 12.3. The summed E-state index contributed by atoms with van der Waals surface area (Å²) in [4.78, 5) is 37.6. The van der Waals surface area contributed by atoms with Crippen molar-refractivity contribution in [2.24, 2.45) is 11.8 Å². The third-order valence-electron chi connectivity index (χ3n) is 5.66. The second-order valence-corrected chi connectivity index (χ2v) is 9.78. The fourth-order valence-corrected chi connectivity index (χ4v) is 4.79. The summed E-state index contributed by atoms with van der Waals surface area (Å²) in [5.41, 5.74) is 0. The van der Waals surface area contributed by atoms with E-state index in [0.717, 1.165) is 38.2 Å². The van der Waals surface area contributed by atoms with Gasteiger partial charge in [0.15, 0.2) is 5.16 Å². The predicted octanol–water partition coefficient (Wildman–Crippen LogP) is 3.22. The third kappa shape index (κ3) is 6.74. The molecule has 0 spiro atoms. The number of aromatic nitrogens is 2. The summed E-state index contributed by atoms with van der Waals surface area (Å²) in [5.74, 6) is 2.09. The molecule has 1 saturated carbocycles. The minimum absolute atomic E-state index is 0.0233. The van der Waals surface area contributed by atoms with Crippen LogP contribution < -0.4 is 10.2 Å². The van der Waals surface area contributed by atoms with Gasteiger partial charge in [0.05, 0.1) is 5.75 Å². The predicted molar refractivity (Wildman–Crippen MR) is 121 cm³/mol. The third-order valence-corrected chi connectivity index (χ3v) is 6.70. The molecule has 1 aromatic rings. The zero-order chi connectivity index (χ0) is 21.5. The van der Waals surface area contributed by atoms with Crippen LogP contribution in [0.3, 0.4) is 0 Å². The van der Waals surface area contributed by atoms with E-state index in [2.05, 4.69) is 34.0 Å². The summed E-state index contributed by atoms with van der Waals surface area (Å²) in [6, 6.07) is 1.75. The van der Waals surface area contributed by atoms with Crippen molar-refractivity contribution in [3.63, 3.8) is 0 Å². The van der Waals surface area contributed by atoms with Crippen LogP contribution in [-0.4, -0.2) is 65.2 Å². The summed E-state index contributed by atoms with van der Waals surface area (Å²) < 4.78 is 0. The van der Waals surface area contributed by atoms with Gasteiger partial charge in [-0.2, -0.15) is 0 Å². The molecule has 0 radical (unpaired) electrons. The molecule has 1 aromatic heterocycles. The van der Waals surface area contributed by atoms with Gasteiger partial charge in [0.2, 0.25) is 11.8 Å². The van der Waals surface area contributed by atoms with Gasteiger partial charge in [-0.3, -0.25) is 9.59 Å². The average Bonchev–Trinajstić information content (AvgIpc) is 3.26. The lowest BCUT2D eigenvalue weighted by atomic mass is 10.1. The molecular formula is C21H32ClN5O2S. The molecule has 3 rings (SSSR count). The number of rotatable bonds is 8. The van der Waals surface area contributed by atoms with Crippen molar-refractivity contribution in [3.05, 3.63) is 11.2 Å². The van der Waals surface area contributed by atoms with E-state index in [1.807, 2.05) is 4.90 Å². The molecule has 0 atom stereocenters. The van der Waals surface area contributed by atoms with Gasteiger partial charge in [-0.15, -0.1) is 0 Å². The number of nitrogens with zero attached hydrogens (tertiary/aromatic N) is 4. The molecule has 0 unspecified atom stereocenters. The Balaban J connectivity index is 1.50. The van der Waals surface area contributed by atoms with Crippen molar-refractivity contribution < 1.29 is 9.59 Å². The van der Waals surface area contributed by atoms with E-state index in [1.54, 1.807) is 6.07 Å². The maximum Gasteiger partial charge on any atom is 0.230 e. The topological polar surface area (TPSA) is 78.4 Å². The minimum atomic E-state index is -0.0233. The van der Waals surface area contributed by atoms with E-state index < -0.39 is 0 Å². The molecule has 0 bridgehead atoms.